The zero-order valence-electron chi connectivity index (χ0n) is 11.2. The van der Waals surface area contributed by atoms with Crippen LogP contribution < -0.4 is 5.32 Å². The average Bonchev–Trinajstić information content (AvgIpc) is 2.39. The van der Waals surface area contributed by atoms with Crippen molar-refractivity contribution in [3.05, 3.63) is 34.9 Å². The second kappa shape index (κ2) is 6.55. The summed E-state index contributed by atoms with van der Waals surface area (Å²) in [6.07, 6.45) is 2.33. The molecule has 1 N–H and O–H groups in total. The molecule has 0 aromatic heterocycles. The van der Waals surface area contributed by atoms with Gasteiger partial charge in [0.1, 0.15) is 0 Å². The standard InChI is InChI=1S/C15H22ClNO/c1-11(13-6-8-18-9-7-13)17-12(2)14-4-3-5-15(16)10-14/h3-5,10-13,17H,6-9H2,1-2H3. The van der Waals surface area contributed by atoms with Gasteiger partial charge in [0.05, 0.1) is 0 Å². The SMILES string of the molecule is CC(NC(C)C1CCOCC1)c1cccc(Cl)c1. The van der Waals surface area contributed by atoms with Gasteiger partial charge >= 0.3 is 0 Å². The Morgan fingerprint density at radius 1 is 1.28 bits per heavy atom. The lowest BCUT2D eigenvalue weighted by molar-refractivity contribution is 0.0547. The monoisotopic (exact) mass is 267 g/mol. The highest BCUT2D eigenvalue weighted by molar-refractivity contribution is 6.30. The lowest BCUT2D eigenvalue weighted by Gasteiger charge is -2.30. The van der Waals surface area contributed by atoms with E-state index in [1.54, 1.807) is 0 Å². The maximum absolute atomic E-state index is 6.03. The zero-order valence-corrected chi connectivity index (χ0v) is 11.9. The average molecular weight is 268 g/mol. The third-order valence-corrected chi connectivity index (χ3v) is 4.07. The number of rotatable bonds is 4. The second-order valence-corrected chi connectivity index (χ2v) is 5.62. The van der Waals surface area contributed by atoms with Gasteiger partial charge in [-0.25, -0.2) is 0 Å². The summed E-state index contributed by atoms with van der Waals surface area (Å²) in [4.78, 5) is 0. The van der Waals surface area contributed by atoms with Crippen molar-refractivity contribution in [2.45, 2.75) is 38.8 Å². The fourth-order valence-corrected chi connectivity index (χ4v) is 2.82. The first-order chi connectivity index (χ1) is 8.66. The molecule has 0 amide bonds. The van der Waals surface area contributed by atoms with Gasteiger partial charge in [0.2, 0.25) is 0 Å². The quantitative estimate of drug-likeness (QED) is 0.896. The van der Waals surface area contributed by atoms with E-state index in [4.69, 9.17) is 16.3 Å². The predicted octanol–water partition coefficient (Wildman–Crippen LogP) is 3.81. The normalized spacial score (nSPS) is 20.6. The van der Waals surface area contributed by atoms with Crippen molar-refractivity contribution >= 4 is 11.6 Å². The van der Waals surface area contributed by atoms with Crippen molar-refractivity contribution in [2.24, 2.45) is 5.92 Å². The molecule has 0 aliphatic carbocycles. The van der Waals surface area contributed by atoms with Crippen LogP contribution in [0.25, 0.3) is 0 Å². The highest BCUT2D eigenvalue weighted by atomic mass is 35.5. The molecule has 1 saturated heterocycles. The minimum Gasteiger partial charge on any atom is -0.381 e. The van der Waals surface area contributed by atoms with Crippen LogP contribution in [-0.2, 0) is 4.74 Å². The molecule has 0 saturated carbocycles. The second-order valence-electron chi connectivity index (χ2n) is 5.18. The van der Waals surface area contributed by atoms with Crippen molar-refractivity contribution in [1.82, 2.24) is 5.32 Å². The maximum atomic E-state index is 6.03. The molecule has 2 rings (SSSR count). The van der Waals surface area contributed by atoms with Crippen LogP contribution in [0.5, 0.6) is 0 Å². The third kappa shape index (κ3) is 3.71. The largest absolute Gasteiger partial charge is 0.381 e. The van der Waals surface area contributed by atoms with E-state index in [1.807, 2.05) is 18.2 Å². The predicted molar refractivity (Wildman–Crippen MR) is 76.0 cm³/mol. The van der Waals surface area contributed by atoms with Gasteiger partial charge in [-0.05, 0) is 50.3 Å². The number of benzene rings is 1. The molecule has 1 heterocycles. The Balaban J connectivity index is 1.91. The molecule has 1 aromatic carbocycles. The van der Waals surface area contributed by atoms with Gasteiger partial charge < -0.3 is 10.1 Å². The maximum Gasteiger partial charge on any atom is 0.0469 e. The van der Waals surface area contributed by atoms with Gasteiger partial charge in [-0.15, -0.1) is 0 Å². The van der Waals surface area contributed by atoms with Crippen molar-refractivity contribution in [1.29, 1.82) is 0 Å². The van der Waals surface area contributed by atoms with Crippen LogP contribution in [-0.4, -0.2) is 19.3 Å². The molecule has 1 aromatic rings. The zero-order chi connectivity index (χ0) is 13.0. The number of nitrogens with one attached hydrogen (secondary N) is 1. The van der Waals surface area contributed by atoms with E-state index in [0.717, 1.165) is 37.0 Å². The molecule has 0 bridgehead atoms. The minimum absolute atomic E-state index is 0.335. The van der Waals surface area contributed by atoms with E-state index >= 15 is 0 Å². The Bertz CT molecular complexity index is 377. The van der Waals surface area contributed by atoms with Gasteiger partial charge in [0.25, 0.3) is 0 Å². The fourth-order valence-electron chi connectivity index (χ4n) is 2.62. The van der Waals surface area contributed by atoms with Gasteiger partial charge in [0.15, 0.2) is 0 Å². The van der Waals surface area contributed by atoms with E-state index in [-0.39, 0.29) is 0 Å². The molecule has 1 aliphatic rings. The van der Waals surface area contributed by atoms with Crippen LogP contribution in [0.3, 0.4) is 0 Å². The first-order valence-electron chi connectivity index (χ1n) is 6.76. The summed E-state index contributed by atoms with van der Waals surface area (Å²) in [6, 6.07) is 8.94. The number of ether oxygens (including phenoxy) is 1. The summed E-state index contributed by atoms with van der Waals surface area (Å²) in [5.41, 5.74) is 1.25. The molecule has 0 radical (unpaired) electrons. The summed E-state index contributed by atoms with van der Waals surface area (Å²) in [5.74, 6) is 0.723. The molecule has 2 unspecified atom stereocenters. The van der Waals surface area contributed by atoms with Crippen LogP contribution in [0.4, 0.5) is 0 Å². The first kappa shape index (κ1) is 13.9. The van der Waals surface area contributed by atoms with E-state index in [0.29, 0.717) is 12.1 Å². The van der Waals surface area contributed by atoms with Crippen molar-refractivity contribution in [3.8, 4) is 0 Å². The van der Waals surface area contributed by atoms with Crippen LogP contribution in [0.15, 0.2) is 24.3 Å². The Kier molecular flexibility index (Phi) is 5.04. The Hall–Kier alpha value is -0.570. The van der Waals surface area contributed by atoms with Crippen LogP contribution in [0.2, 0.25) is 5.02 Å². The molecule has 100 valence electrons. The van der Waals surface area contributed by atoms with Gasteiger partial charge in [-0.2, -0.15) is 0 Å². The highest BCUT2D eigenvalue weighted by Crippen LogP contribution is 2.22. The van der Waals surface area contributed by atoms with Crippen LogP contribution >= 0.6 is 11.6 Å². The van der Waals surface area contributed by atoms with E-state index in [2.05, 4.69) is 25.2 Å². The molecule has 18 heavy (non-hydrogen) atoms. The molecule has 2 nitrogen and oxygen atoms in total. The summed E-state index contributed by atoms with van der Waals surface area (Å²) >= 11 is 6.03. The van der Waals surface area contributed by atoms with E-state index in [9.17, 15) is 0 Å². The Morgan fingerprint density at radius 3 is 2.67 bits per heavy atom. The smallest absolute Gasteiger partial charge is 0.0469 e. The molecule has 1 fully saturated rings. The summed E-state index contributed by atoms with van der Waals surface area (Å²) < 4.78 is 5.41. The number of hydrogen-bond donors (Lipinski definition) is 1. The lowest BCUT2D eigenvalue weighted by Crippen LogP contribution is -2.38. The minimum atomic E-state index is 0.335. The van der Waals surface area contributed by atoms with E-state index in [1.165, 1.54) is 5.56 Å². The van der Waals surface area contributed by atoms with Crippen LogP contribution in [0, 0.1) is 5.92 Å². The van der Waals surface area contributed by atoms with Crippen molar-refractivity contribution in [3.63, 3.8) is 0 Å². The number of halogens is 1. The molecule has 2 atom stereocenters. The molecular weight excluding hydrogens is 246 g/mol. The summed E-state index contributed by atoms with van der Waals surface area (Å²) in [6.45, 7) is 6.28. The van der Waals surface area contributed by atoms with Gasteiger partial charge in [-0.3, -0.25) is 0 Å². The van der Waals surface area contributed by atoms with E-state index < -0.39 is 0 Å². The van der Waals surface area contributed by atoms with Crippen molar-refractivity contribution in [2.75, 3.05) is 13.2 Å². The Morgan fingerprint density at radius 2 is 2.00 bits per heavy atom. The topological polar surface area (TPSA) is 21.3 Å². The van der Waals surface area contributed by atoms with Gasteiger partial charge in [-0.1, -0.05) is 23.7 Å². The summed E-state index contributed by atoms with van der Waals surface area (Å²) in [7, 11) is 0. The highest BCUT2D eigenvalue weighted by Gasteiger charge is 2.21. The molecule has 3 heteroatoms. The van der Waals surface area contributed by atoms with Crippen molar-refractivity contribution < 1.29 is 4.74 Å². The Labute approximate surface area is 115 Å². The van der Waals surface area contributed by atoms with Crippen LogP contribution in [0.1, 0.15) is 38.3 Å². The molecular formula is C15H22ClNO. The van der Waals surface area contributed by atoms with Gasteiger partial charge in [0, 0.05) is 30.3 Å². The number of hydrogen-bond acceptors (Lipinski definition) is 2. The third-order valence-electron chi connectivity index (χ3n) is 3.83. The molecule has 0 spiro atoms. The summed E-state index contributed by atoms with van der Waals surface area (Å²) in [5, 5.41) is 4.48. The fraction of sp³-hybridized carbons (Fsp3) is 0.600. The molecule has 1 aliphatic heterocycles. The first-order valence-corrected chi connectivity index (χ1v) is 7.14. The lowest BCUT2D eigenvalue weighted by atomic mass is 9.92.